The van der Waals surface area contributed by atoms with Crippen LogP contribution in [0.25, 0.3) is 16.8 Å². The molecular weight excluding hydrogens is 530 g/mol. The smallest absolute Gasteiger partial charge is 0.252 e. The van der Waals surface area contributed by atoms with Gasteiger partial charge < -0.3 is 15.8 Å². The zero-order chi connectivity index (χ0) is 28.2. The number of amides is 1. The van der Waals surface area contributed by atoms with Crippen molar-refractivity contribution in [2.24, 2.45) is 0 Å². The highest BCUT2D eigenvalue weighted by Crippen LogP contribution is 2.35. The van der Waals surface area contributed by atoms with E-state index in [1.54, 1.807) is 30.3 Å². The van der Waals surface area contributed by atoms with Crippen LogP contribution in [0.4, 0.5) is 11.4 Å². The van der Waals surface area contributed by atoms with Crippen LogP contribution in [-0.4, -0.2) is 37.8 Å². The summed E-state index contributed by atoms with van der Waals surface area (Å²) in [5.41, 5.74) is 10.1. The fourth-order valence-corrected chi connectivity index (χ4v) is 4.68. The minimum atomic E-state index is -0.906. The molecule has 0 aliphatic rings. The first-order chi connectivity index (χ1) is 19.3. The number of carbonyl (C=O) groups excluding carboxylic acids is 1. The fraction of sp³-hybridized carbons (Fsp3) is 0.138. The van der Waals surface area contributed by atoms with Crippen molar-refractivity contribution in [2.45, 2.75) is 19.4 Å². The number of nitrogens with two attached hydrogens (primary N) is 1. The Balaban J connectivity index is 1.61. The predicted octanol–water partition coefficient (Wildman–Crippen LogP) is 4.47. The number of benzene rings is 3. The third-order valence-electron chi connectivity index (χ3n) is 6.48. The van der Waals surface area contributed by atoms with E-state index in [4.69, 9.17) is 22.1 Å². The molecule has 3 N–H and O–H groups in total. The number of aromatic nitrogens is 5. The molecule has 40 heavy (non-hydrogen) atoms. The first-order valence-electron chi connectivity index (χ1n) is 12.4. The summed E-state index contributed by atoms with van der Waals surface area (Å²) in [6.45, 7) is 1.91. The van der Waals surface area contributed by atoms with E-state index in [1.165, 1.54) is 34.9 Å². The molecule has 0 fully saturated rings. The summed E-state index contributed by atoms with van der Waals surface area (Å²) in [6, 6.07) is 20.5. The van der Waals surface area contributed by atoms with Gasteiger partial charge in [0.05, 0.1) is 30.4 Å². The van der Waals surface area contributed by atoms with Gasteiger partial charge in [0, 0.05) is 28.6 Å². The zero-order valence-corrected chi connectivity index (χ0v) is 22.5. The first kappa shape index (κ1) is 26.6. The molecule has 0 spiro atoms. The standard InChI is InChI=1S/C29H26ClN7O3/c1-18-8-10-24(23(31)12-18)33-29(39)26(13-19-6-4-3-5-7-19)36-16-27(40-2)22(15-28(36)38)21-14-20(30)9-11-25(21)37-17-32-34-35-37/h3-12,14-17,26H,13,31H2,1-2H3,(H,33,39). The molecule has 3 aromatic carbocycles. The maximum atomic E-state index is 13.7. The van der Waals surface area contributed by atoms with E-state index < -0.39 is 17.5 Å². The molecule has 10 nitrogen and oxygen atoms in total. The number of nitrogen functional groups attached to an aromatic ring is 1. The summed E-state index contributed by atoms with van der Waals surface area (Å²) in [6.07, 6.45) is 3.24. The number of tetrazole rings is 1. The molecule has 1 amide bonds. The second-order valence-corrected chi connectivity index (χ2v) is 9.64. The minimum Gasteiger partial charge on any atom is -0.495 e. The first-order valence-corrected chi connectivity index (χ1v) is 12.8. The number of anilines is 2. The quantitative estimate of drug-likeness (QED) is 0.270. The van der Waals surface area contributed by atoms with Gasteiger partial charge >= 0.3 is 0 Å². The number of aryl methyl sites for hydroxylation is 1. The number of halogens is 1. The van der Waals surface area contributed by atoms with Gasteiger partial charge in [-0.25, -0.2) is 0 Å². The van der Waals surface area contributed by atoms with Crippen molar-refractivity contribution in [3.05, 3.63) is 112 Å². The number of carbonyl (C=O) groups is 1. The molecule has 1 atom stereocenters. The highest BCUT2D eigenvalue weighted by atomic mass is 35.5. The van der Waals surface area contributed by atoms with Gasteiger partial charge in [-0.2, -0.15) is 4.68 Å². The van der Waals surface area contributed by atoms with Crippen LogP contribution in [0.1, 0.15) is 17.2 Å². The highest BCUT2D eigenvalue weighted by Gasteiger charge is 2.25. The number of nitrogens with zero attached hydrogens (tertiary/aromatic N) is 5. The molecule has 0 saturated carbocycles. The van der Waals surface area contributed by atoms with E-state index in [2.05, 4.69) is 20.8 Å². The van der Waals surface area contributed by atoms with Crippen molar-refractivity contribution in [1.82, 2.24) is 24.8 Å². The van der Waals surface area contributed by atoms with E-state index in [1.807, 2.05) is 43.3 Å². The summed E-state index contributed by atoms with van der Waals surface area (Å²) in [5.74, 6) is -0.0367. The Labute approximate surface area is 235 Å². The average molecular weight is 556 g/mol. The summed E-state index contributed by atoms with van der Waals surface area (Å²) in [4.78, 5) is 27.4. The number of hydrogen-bond acceptors (Lipinski definition) is 7. The Morgan fingerprint density at radius 2 is 1.88 bits per heavy atom. The number of rotatable bonds is 8. The molecule has 5 aromatic rings. The van der Waals surface area contributed by atoms with Crippen molar-refractivity contribution in [2.75, 3.05) is 18.2 Å². The van der Waals surface area contributed by atoms with Gasteiger partial charge in [-0.05, 0) is 58.8 Å². The number of pyridine rings is 1. The summed E-state index contributed by atoms with van der Waals surface area (Å²) in [5, 5.41) is 14.7. The van der Waals surface area contributed by atoms with Crippen molar-refractivity contribution in [1.29, 1.82) is 0 Å². The third-order valence-corrected chi connectivity index (χ3v) is 6.72. The molecule has 2 heterocycles. The molecular formula is C29H26ClN7O3. The second kappa shape index (κ2) is 11.4. The SMILES string of the molecule is COc1cn(C(Cc2ccccc2)C(=O)Nc2ccc(C)cc2N)c(=O)cc1-c1cc(Cl)ccc1-n1cnnn1. The molecule has 0 bridgehead atoms. The van der Waals surface area contributed by atoms with Crippen LogP contribution in [0.15, 0.2) is 90.1 Å². The zero-order valence-electron chi connectivity index (χ0n) is 21.8. The van der Waals surface area contributed by atoms with Crippen LogP contribution < -0.4 is 21.3 Å². The third kappa shape index (κ3) is 5.57. The van der Waals surface area contributed by atoms with E-state index in [0.717, 1.165) is 11.1 Å². The largest absolute Gasteiger partial charge is 0.495 e. The molecule has 0 radical (unpaired) electrons. The number of hydrogen-bond donors (Lipinski definition) is 2. The second-order valence-electron chi connectivity index (χ2n) is 9.20. The van der Waals surface area contributed by atoms with Crippen LogP contribution in [0.5, 0.6) is 5.75 Å². The predicted molar refractivity (Wildman–Crippen MR) is 154 cm³/mol. The van der Waals surface area contributed by atoms with Gasteiger partial charge in [-0.3, -0.25) is 14.2 Å². The van der Waals surface area contributed by atoms with Crippen molar-refractivity contribution >= 4 is 28.9 Å². The lowest BCUT2D eigenvalue weighted by Crippen LogP contribution is -2.34. The fourth-order valence-electron chi connectivity index (χ4n) is 4.51. The lowest BCUT2D eigenvalue weighted by molar-refractivity contribution is -0.119. The van der Waals surface area contributed by atoms with Gasteiger partial charge in [0.1, 0.15) is 18.1 Å². The molecule has 0 saturated heterocycles. The molecule has 5 rings (SSSR count). The normalized spacial score (nSPS) is 11.7. The van der Waals surface area contributed by atoms with Crippen molar-refractivity contribution < 1.29 is 9.53 Å². The number of ether oxygens (including phenoxy) is 1. The summed E-state index contributed by atoms with van der Waals surface area (Å²) < 4.78 is 8.56. The van der Waals surface area contributed by atoms with Crippen LogP contribution >= 0.6 is 11.6 Å². The summed E-state index contributed by atoms with van der Waals surface area (Å²) in [7, 11) is 1.49. The molecule has 0 aliphatic heterocycles. The van der Waals surface area contributed by atoms with Crippen molar-refractivity contribution in [3.8, 4) is 22.6 Å². The van der Waals surface area contributed by atoms with Gasteiger partial charge in [-0.15, -0.1) is 5.10 Å². The molecule has 202 valence electrons. The molecule has 2 aromatic heterocycles. The molecule has 1 unspecified atom stereocenters. The Hall–Kier alpha value is -4.96. The van der Waals surface area contributed by atoms with Gasteiger partial charge in [0.2, 0.25) is 5.91 Å². The molecule has 0 aliphatic carbocycles. The summed E-state index contributed by atoms with van der Waals surface area (Å²) >= 11 is 6.33. The Kier molecular flexibility index (Phi) is 7.61. The van der Waals surface area contributed by atoms with Crippen LogP contribution in [0.2, 0.25) is 5.02 Å². The lowest BCUT2D eigenvalue weighted by Gasteiger charge is -2.22. The highest BCUT2D eigenvalue weighted by molar-refractivity contribution is 6.31. The monoisotopic (exact) mass is 555 g/mol. The van der Waals surface area contributed by atoms with Crippen LogP contribution in [0, 0.1) is 6.92 Å². The molecule has 11 heteroatoms. The maximum Gasteiger partial charge on any atom is 0.252 e. The van der Waals surface area contributed by atoms with Crippen molar-refractivity contribution in [3.63, 3.8) is 0 Å². The Bertz CT molecular complexity index is 1720. The topological polar surface area (TPSA) is 130 Å². The number of nitrogens with one attached hydrogen (secondary N) is 1. The van der Waals surface area contributed by atoms with Crippen LogP contribution in [0.3, 0.4) is 0 Å². The van der Waals surface area contributed by atoms with Gasteiger partial charge in [0.25, 0.3) is 5.56 Å². The van der Waals surface area contributed by atoms with E-state index >= 15 is 0 Å². The van der Waals surface area contributed by atoms with E-state index in [9.17, 15) is 9.59 Å². The van der Waals surface area contributed by atoms with Gasteiger partial charge in [0.15, 0.2) is 0 Å². The number of methoxy groups -OCH3 is 1. The Morgan fingerprint density at radius 1 is 1.07 bits per heavy atom. The van der Waals surface area contributed by atoms with E-state index in [-0.39, 0.29) is 6.42 Å². The maximum absolute atomic E-state index is 13.7. The van der Waals surface area contributed by atoms with E-state index in [0.29, 0.717) is 39.0 Å². The van der Waals surface area contributed by atoms with Gasteiger partial charge in [-0.1, -0.05) is 48.0 Å². The average Bonchev–Trinajstić information content (AvgIpc) is 3.49. The Morgan fingerprint density at radius 3 is 2.58 bits per heavy atom. The lowest BCUT2D eigenvalue weighted by atomic mass is 10.0. The minimum absolute atomic E-state index is 0.258. The van der Waals surface area contributed by atoms with Crippen LogP contribution in [-0.2, 0) is 11.2 Å².